The van der Waals surface area contributed by atoms with Crippen LogP contribution in [0.2, 0.25) is 0 Å². The first-order valence-corrected chi connectivity index (χ1v) is 5.00. The number of carboxylic acids is 1. The van der Waals surface area contributed by atoms with E-state index in [1.807, 2.05) is 0 Å². The number of rotatable bonds is 6. The second-order valence-electron chi connectivity index (χ2n) is 2.44. The number of nitrogens with one attached hydrogen (secondary N) is 1. The molecule has 0 radical (unpaired) electrons. The number of carboxylic acid groups (broad SMARTS) is 1. The SMILES string of the molecule is CNC(=O)CCSC[C@@H](N)C(=O)O. The van der Waals surface area contributed by atoms with Crippen LogP contribution in [-0.4, -0.2) is 41.6 Å². The van der Waals surface area contributed by atoms with Crippen LogP contribution in [0.1, 0.15) is 6.42 Å². The molecule has 0 saturated heterocycles. The number of aliphatic carboxylic acids is 1. The maximum atomic E-state index is 10.7. The Labute approximate surface area is 81.1 Å². The molecule has 0 rings (SSSR count). The number of hydrogen-bond acceptors (Lipinski definition) is 4. The van der Waals surface area contributed by atoms with Crippen LogP contribution in [0, 0.1) is 0 Å². The van der Waals surface area contributed by atoms with Crippen LogP contribution < -0.4 is 11.1 Å². The van der Waals surface area contributed by atoms with E-state index in [2.05, 4.69) is 5.32 Å². The first-order valence-electron chi connectivity index (χ1n) is 3.84. The molecule has 0 aliphatic heterocycles. The third-order valence-corrected chi connectivity index (χ3v) is 2.45. The topological polar surface area (TPSA) is 92.4 Å². The van der Waals surface area contributed by atoms with Gasteiger partial charge in [0.15, 0.2) is 0 Å². The monoisotopic (exact) mass is 206 g/mol. The molecule has 6 heteroatoms. The molecule has 5 nitrogen and oxygen atoms in total. The van der Waals surface area contributed by atoms with E-state index in [0.717, 1.165) is 0 Å². The normalized spacial score (nSPS) is 12.2. The van der Waals surface area contributed by atoms with Gasteiger partial charge < -0.3 is 16.2 Å². The van der Waals surface area contributed by atoms with Crippen LogP contribution in [0.25, 0.3) is 0 Å². The lowest BCUT2D eigenvalue weighted by molar-refractivity contribution is -0.137. The van der Waals surface area contributed by atoms with Crippen molar-refractivity contribution in [1.29, 1.82) is 0 Å². The number of thioether (sulfide) groups is 1. The minimum absolute atomic E-state index is 0.0450. The molecule has 0 spiro atoms. The first kappa shape index (κ1) is 12.2. The fraction of sp³-hybridized carbons (Fsp3) is 0.714. The largest absolute Gasteiger partial charge is 0.480 e. The van der Waals surface area contributed by atoms with Gasteiger partial charge in [-0.1, -0.05) is 0 Å². The van der Waals surface area contributed by atoms with Crippen molar-refractivity contribution in [2.24, 2.45) is 5.73 Å². The lowest BCUT2D eigenvalue weighted by Crippen LogP contribution is -2.32. The van der Waals surface area contributed by atoms with Gasteiger partial charge >= 0.3 is 5.97 Å². The summed E-state index contributed by atoms with van der Waals surface area (Å²) in [7, 11) is 1.57. The number of nitrogens with two attached hydrogens (primary N) is 1. The predicted octanol–water partition coefficient (Wildman–Crippen LogP) is -0.732. The zero-order chi connectivity index (χ0) is 10.3. The molecule has 0 aliphatic rings. The van der Waals surface area contributed by atoms with Gasteiger partial charge in [0.05, 0.1) is 0 Å². The summed E-state index contributed by atoms with van der Waals surface area (Å²) in [5.41, 5.74) is 5.24. The minimum Gasteiger partial charge on any atom is -0.480 e. The fourth-order valence-electron chi connectivity index (χ4n) is 0.571. The van der Waals surface area contributed by atoms with Crippen LogP contribution in [0.3, 0.4) is 0 Å². The Kier molecular flexibility index (Phi) is 6.34. The van der Waals surface area contributed by atoms with Crippen LogP contribution in [0.5, 0.6) is 0 Å². The number of carbonyl (C=O) groups excluding carboxylic acids is 1. The number of carbonyl (C=O) groups is 2. The lowest BCUT2D eigenvalue weighted by Gasteiger charge is -2.04. The molecule has 0 aromatic rings. The van der Waals surface area contributed by atoms with Gasteiger partial charge in [-0.2, -0.15) is 11.8 Å². The summed E-state index contributed by atoms with van der Waals surface area (Å²) in [4.78, 5) is 21.0. The fourth-order valence-corrected chi connectivity index (χ4v) is 1.46. The molecule has 0 heterocycles. The summed E-state index contributed by atoms with van der Waals surface area (Å²) in [6.45, 7) is 0. The van der Waals surface area contributed by atoms with E-state index in [0.29, 0.717) is 17.9 Å². The van der Waals surface area contributed by atoms with Gasteiger partial charge in [-0.25, -0.2) is 0 Å². The van der Waals surface area contributed by atoms with E-state index >= 15 is 0 Å². The number of amides is 1. The molecule has 13 heavy (non-hydrogen) atoms. The maximum Gasteiger partial charge on any atom is 0.321 e. The summed E-state index contributed by atoms with van der Waals surface area (Å²) < 4.78 is 0. The van der Waals surface area contributed by atoms with Gasteiger partial charge in [-0.15, -0.1) is 0 Å². The van der Waals surface area contributed by atoms with Gasteiger partial charge in [0.2, 0.25) is 5.91 Å². The molecule has 0 aromatic heterocycles. The minimum atomic E-state index is -1.01. The van der Waals surface area contributed by atoms with Crippen LogP contribution in [0.15, 0.2) is 0 Å². The third kappa shape index (κ3) is 6.41. The molecule has 0 aromatic carbocycles. The van der Waals surface area contributed by atoms with Gasteiger partial charge in [0.1, 0.15) is 6.04 Å². The van der Waals surface area contributed by atoms with Crippen molar-refractivity contribution in [3.63, 3.8) is 0 Å². The molecule has 1 amide bonds. The van der Waals surface area contributed by atoms with Crippen molar-refractivity contribution in [1.82, 2.24) is 5.32 Å². The van der Waals surface area contributed by atoms with Gasteiger partial charge in [0, 0.05) is 25.0 Å². The third-order valence-electron chi connectivity index (χ3n) is 1.37. The second kappa shape index (κ2) is 6.73. The van der Waals surface area contributed by atoms with Gasteiger partial charge in [0.25, 0.3) is 0 Å². The van der Waals surface area contributed by atoms with Crippen molar-refractivity contribution in [3.8, 4) is 0 Å². The summed E-state index contributed by atoms with van der Waals surface area (Å²) in [5.74, 6) is -0.115. The molecule has 76 valence electrons. The maximum absolute atomic E-state index is 10.7. The summed E-state index contributed by atoms with van der Waals surface area (Å²) >= 11 is 1.37. The standard InChI is InChI=1S/C7H14N2O3S/c1-9-6(10)2-3-13-4-5(8)7(11)12/h5H,2-4,8H2,1H3,(H,9,10)(H,11,12)/t5-/m1/s1. The van der Waals surface area contributed by atoms with Crippen LogP contribution in [-0.2, 0) is 9.59 Å². The zero-order valence-electron chi connectivity index (χ0n) is 7.45. The molecular weight excluding hydrogens is 192 g/mol. The predicted molar refractivity (Wildman–Crippen MR) is 51.6 cm³/mol. The highest BCUT2D eigenvalue weighted by molar-refractivity contribution is 7.99. The lowest BCUT2D eigenvalue weighted by atomic mass is 10.4. The highest BCUT2D eigenvalue weighted by atomic mass is 32.2. The Hall–Kier alpha value is -0.750. The van der Waals surface area contributed by atoms with Gasteiger partial charge in [-0.05, 0) is 0 Å². The molecular formula is C7H14N2O3S. The second-order valence-corrected chi connectivity index (χ2v) is 3.59. The molecule has 0 saturated carbocycles. The smallest absolute Gasteiger partial charge is 0.321 e. The summed E-state index contributed by atoms with van der Waals surface area (Å²) in [6, 6.07) is -0.838. The Balaban J connectivity index is 3.35. The Morgan fingerprint density at radius 1 is 1.62 bits per heavy atom. The van der Waals surface area contributed by atoms with Crippen molar-refractivity contribution >= 4 is 23.6 Å². The average molecular weight is 206 g/mol. The Morgan fingerprint density at radius 2 is 2.23 bits per heavy atom. The highest BCUT2D eigenvalue weighted by Crippen LogP contribution is 2.03. The van der Waals surface area contributed by atoms with E-state index in [1.165, 1.54) is 11.8 Å². The molecule has 0 aliphatic carbocycles. The molecule has 4 N–H and O–H groups in total. The van der Waals surface area contributed by atoms with Gasteiger partial charge in [-0.3, -0.25) is 9.59 Å². The zero-order valence-corrected chi connectivity index (χ0v) is 8.26. The summed E-state index contributed by atoms with van der Waals surface area (Å²) in [6.07, 6.45) is 0.396. The first-order chi connectivity index (χ1) is 6.07. The van der Waals surface area contributed by atoms with Crippen LogP contribution >= 0.6 is 11.8 Å². The van der Waals surface area contributed by atoms with Crippen LogP contribution in [0.4, 0.5) is 0 Å². The van der Waals surface area contributed by atoms with E-state index < -0.39 is 12.0 Å². The van der Waals surface area contributed by atoms with E-state index in [-0.39, 0.29) is 5.91 Å². The Bertz CT molecular complexity index is 187. The molecule has 0 bridgehead atoms. The summed E-state index contributed by atoms with van der Waals surface area (Å²) in [5, 5.41) is 10.9. The van der Waals surface area contributed by atoms with Crippen molar-refractivity contribution in [2.75, 3.05) is 18.6 Å². The molecule has 0 unspecified atom stereocenters. The van der Waals surface area contributed by atoms with E-state index in [1.54, 1.807) is 7.05 Å². The highest BCUT2D eigenvalue weighted by Gasteiger charge is 2.10. The average Bonchev–Trinajstić information content (AvgIpc) is 2.11. The molecule has 1 atom stereocenters. The quantitative estimate of drug-likeness (QED) is 0.498. The Morgan fingerprint density at radius 3 is 2.69 bits per heavy atom. The van der Waals surface area contributed by atoms with E-state index in [9.17, 15) is 9.59 Å². The molecule has 0 fully saturated rings. The van der Waals surface area contributed by atoms with E-state index in [4.69, 9.17) is 10.8 Å². The van der Waals surface area contributed by atoms with Crippen molar-refractivity contribution < 1.29 is 14.7 Å². The van der Waals surface area contributed by atoms with Crippen molar-refractivity contribution in [3.05, 3.63) is 0 Å². The number of hydrogen-bond donors (Lipinski definition) is 3. The van der Waals surface area contributed by atoms with Crippen molar-refractivity contribution in [2.45, 2.75) is 12.5 Å².